The molecule has 1 atom stereocenters. The average molecular weight is 348 g/mol. The predicted octanol–water partition coefficient (Wildman–Crippen LogP) is 4.12. The highest BCUT2D eigenvalue weighted by atomic mass is 16.7. The van der Waals surface area contributed by atoms with Crippen LogP contribution < -0.4 is 11.2 Å². The van der Waals surface area contributed by atoms with Gasteiger partial charge < -0.3 is 5.73 Å². The molecule has 5 heteroatoms. The Morgan fingerprint density at radius 1 is 1.00 bits per heavy atom. The largest absolute Gasteiger partial charge is 0.370 e. The van der Waals surface area contributed by atoms with Gasteiger partial charge in [-0.3, -0.25) is 14.4 Å². The summed E-state index contributed by atoms with van der Waals surface area (Å²) in [6, 6.07) is 8.98. The fourth-order valence-electron chi connectivity index (χ4n) is 2.70. The number of amides is 2. The van der Waals surface area contributed by atoms with Crippen LogP contribution in [0.1, 0.15) is 81.5 Å². The molecule has 0 aliphatic carbocycles. The van der Waals surface area contributed by atoms with E-state index in [1.54, 1.807) is 12.1 Å². The Hall–Kier alpha value is -1.88. The highest BCUT2D eigenvalue weighted by molar-refractivity contribution is 5.93. The second-order valence-electron chi connectivity index (χ2n) is 6.45. The fraction of sp³-hybridized carbons (Fsp3) is 0.600. The van der Waals surface area contributed by atoms with Crippen molar-refractivity contribution in [3.8, 4) is 0 Å². The third-order valence-electron chi connectivity index (χ3n) is 4.18. The molecule has 0 aliphatic rings. The molecule has 0 aliphatic heterocycles. The van der Waals surface area contributed by atoms with Crippen molar-refractivity contribution < 1.29 is 14.4 Å². The highest BCUT2D eigenvalue weighted by Crippen LogP contribution is 2.14. The molecule has 0 radical (unpaired) electrons. The van der Waals surface area contributed by atoms with E-state index < -0.39 is 0 Å². The zero-order valence-electron chi connectivity index (χ0n) is 15.3. The minimum atomic E-state index is -0.299. The lowest BCUT2D eigenvalue weighted by Gasteiger charge is -2.17. The highest BCUT2D eigenvalue weighted by Gasteiger charge is 2.13. The van der Waals surface area contributed by atoms with Gasteiger partial charge >= 0.3 is 0 Å². The lowest BCUT2D eigenvalue weighted by Crippen LogP contribution is -2.30. The molecule has 0 spiro atoms. The van der Waals surface area contributed by atoms with Gasteiger partial charge in [0.1, 0.15) is 0 Å². The first-order valence-corrected chi connectivity index (χ1v) is 9.42. The molecule has 1 rings (SSSR count). The smallest absolute Gasteiger partial charge is 0.274 e. The summed E-state index contributed by atoms with van der Waals surface area (Å²) in [5, 5.41) is 0. The summed E-state index contributed by atoms with van der Waals surface area (Å²) in [6.45, 7) is 2.21. The van der Waals surface area contributed by atoms with Crippen LogP contribution in [-0.2, 0) is 9.63 Å². The number of unbranched alkanes of at least 4 members (excludes halogenated alkanes) is 5. The molecule has 2 amide bonds. The normalized spacial score (nSPS) is 11.9. The number of nitrogens with one attached hydrogen (secondary N) is 1. The summed E-state index contributed by atoms with van der Waals surface area (Å²) in [4.78, 5) is 28.6. The zero-order chi connectivity index (χ0) is 18.3. The van der Waals surface area contributed by atoms with Crippen molar-refractivity contribution in [1.29, 1.82) is 0 Å². The number of primary amides is 1. The Morgan fingerprint density at radius 2 is 1.64 bits per heavy atom. The number of hydrogen-bond acceptors (Lipinski definition) is 3. The van der Waals surface area contributed by atoms with Gasteiger partial charge in [-0.25, -0.2) is 5.48 Å². The van der Waals surface area contributed by atoms with Gasteiger partial charge in [0.2, 0.25) is 5.91 Å². The van der Waals surface area contributed by atoms with Crippen molar-refractivity contribution in [3.05, 3.63) is 35.9 Å². The first kappa shape index (κ1) is 21.2. The van der Waals surface area contributed by atoms with E-state index in [1.165, 1.54) is 32.1 Å². The van der Waals surface area contributed by atoms with E-state index >= 15 is 0 Å². The van der Waals surface area contributed by atoms with E-state index in [-0.39, 0.29) is 17.9 Å². The molecule has 0 saturated heterocycles. The van der Waals surface area contributed by atoms with Gasteiger partial charge in [-0.15, -0.1) is 0 Å². The summed E-state index contributed by atoms with van der Waals surface area (Å²) < 4.78 is 0. The SMILES string of the molecule is CCCCCCCCC(CCCC(N)=O)ONC(=O)c1ccccc1. The topological polar surface area (TPSA) is 81.4 Å². The van der Waals surface area contributed by atoms with E-state index in [0.29, 0.717) is 24.8 Å². The Kier molecular flexibility index (Phi) is 11.4. The maximum Gasteiger partial charge on any atom is 0.274 e. The van der Waals surface area contributed by atoms with Gasteiger partial charge in [-0.05, 0) is 31.4 Å². The van der Waals surface area contributed by atoms with Crippen LogP contribution in [0.15, 0.2) is 30.3 Å². The maximum atomic E-state index is 12.1. The van der Waals surface area contributed by atoms with Gasteiger partial charge in [0, 0.05) is 12.0 Å². The van der Waals surface area contributed by atoms with E-state index in [4.69, 9.17) is 10.6 Å². The molecule has 1 aromatic rings. The molecular formula is C20H32N2O3. The zero-order valence-corrected chi connectivity index (χ0v) is 15.3. The van der Waals surface area contributed by atoms with E-state index in [9.17, 15) is 9.59 Å². The van der Waals surface area contributed by atoms with Crippen LogP contribution in [0.3, 0.4) is 0 Å². The number of benzene rings is 1. The van der Waals surface area contributed by atoms with Crippen molar-refractivity contribution in [1.82, 2.24) is 5.48 Å². The van der Waals surface area contributed by atoms with Crippen LogP contribution in [0.25, 0.3) is 0 Å². The number of carbonyl (C=O) groups excluding carboxylic acids is 2. The molecule has 0 heterocycles. The van der Waals surface area contributed by atoms with Crippen LogP contribution >= 0.6 is 0 Å². The van der Waals surface area contributed by atoms with Crippen molar-refractivity contribution >= 4 is 11.8 Å². The molecule has 0 aromatic heterocycles. The summed E-state index contributed by atoms with van der Waals surface area (Å²) in [5.41, 5.74) is 8.31. The molecule has 0 bridgehead atoms. The maximum absolute atomic E-state index is 12.1. The monoisotopic (exact) mass is 348 g/mol. The van der Waals surface area contributed by atoms with Crippen molar-refractivity contribution in [2.24, 2.45) is 5.73 Å². The Morgan fingerprint density at radius 3 is 2.32 bits per heavy atom. The lowest BCUT2D eigenvalue weighted by molar-refractivity contribution is -0.118. The third kappa shape index (κ3) is 10.6. The number of rotatable bonds is 14. The number of hydrogen-bond donors (Lipinski definition) is 2. The van der Waals surface area contributed by atoms with Crippen LogP contribution in [0.4, 0.5) is 0 Å². The molecule has 1 unspecified atom stereocenters. The molecular weight excluding hydrogens is 316 g/mol. The fourth-order valence-corrected chi connectivity index (χ4v) is 2.70. The number of carbonyl (C=O) groups is 2. The van der Waals surface area contributed by atoms with E-state index in [0.717, 1.165) is 12.8 Å². The summed E-state index contributed by atoms with van der Waals surface area (Å²) >= 11 is 0. The van der Waals surface area contributed by atoms with Crippen molar-refractivity contribution in [3.63, 3.8) is 0 Å². The van der Waals surface area contributed by atoms with E-state index in [2.05, 4.69) is 12.4 Å². The number of hydroxylamine groups is 1. The number of nitrogens with two attached hydrogens (primary N) is 1. The average Bonchev–Trinajstić information content (AvgIpc) is 2.62. The second-order valence-corrected chi connectivity index (χ2v) is 6.45. The summed E-state index contributed by atoms with van der Waals surface area (Å²) in [5.74, 6) is -0.546. The second kappa shape index (κ2) is 13.4. The Bertz CT molecular complexity index is 491. The summed E-state index contributed by atoms with van der Waals surface area (Å²) in [6.07, 6.45) is 9.79. The van der Waals surface area contributed by atoms with Crippen molar-refractivity contribution in [2.75, 3.05) is 0 Å². The van der Waals surface area contributed by atoms with Crippen LogP contribution in [0.2, 0.25) is 0 Å². The molecule has 3 N–H and O–H groups in total. The Balaban J connectivity index is 2.35. The molecule has 25 heavy (non-hydrogen) atoms. The van der Waals surface area contributed by atoms with Gasteiger partial charge in [-0.2, -0.15) is 0 Å². The molecule has 1 aromatic carbocycles. The minimum Gasteiger partial charge on any atom is -0.370 e. The predicted molar refractivity (Wildman–Crippen MR) is 99.8 cm³/mol. The summed E-state index contributed by atoms with van der Waals surface area (Å²) in [7, 11) is 0. The standard InChI is InChI=1S/C20H32N2O3/c1-2-3-4-5-6-10-14-18(15-11-16-19(21)23)25-22-20(24)17-12-8-7-9-13-17/h7-9,12-13,18H,2-6,10-11,14-16H2,1H3,(H2,21,23)(H,22,24). The molecule has 0 fully saturated rings. The quantitative estimate of drug-likeness (QED) is 0.392. The van der Waals surface area contributed by atoms with Gasteiger partial charge in [0.15, 0.2) is 0 Å². The molecule has 0 saturated carbocycles. The van der Waals surface area contributed by atoms with Gasteiger partial charge in [-0.1, -0.05) is 63.6 Å². The van der Waals surface area contributed by atoms with E-state index in [1.807, 2.05) is 18.2 Å². The molecule has 5 nitrogen and oxygen atoms in total. The van der Waals surface area contributed by atoms with Crippen LogP contribution in [-0.4, -0.2) is 17.9 Å². The Labute approximate surface area is 151 Å². The first-order valence-electron chi connectivity index (χ1n) is 9.42. The van der Waals surface area contributed by atoms with Crippen molar-refractivity contribution in [2.45, 2.75) is 77.2 Å². The minimum absolute atomic E-state index is 0.0850. The third-order valence-corrected chi connectivity index (χ3v) is 4.18. The lowest BCUT2D eigenvalue weighted by atomic mass is 10.0. The van der Waals surface area contributed by atoms with Gasteiger partial charge in [0.05, 0.1) is 6.10 Å². The van der Waals surface area contributed by atoms with Crippen LogP contribution in [0, 0.1) is 0 Å². The first-order chi connectivity index (χ1) is 12.1. The van der Waals surface area contributed by atoms with Crippen LogP contribution in [0.5, 0.6) is 0 Å². The molecule has 140 valence electrons. The van der Waals surface area contributed by atoms with Gasteiger partial charge in [0.25, 0.3) is 5.91 Å².